The summed E-state index contributed by atoms with van der Waals surface area (Å²) < 4.78 is 17.0. The van der Waals surface area contributed by atoms with Crippen molar-refractivity contribution < 1.29 is 18.7 Å². The van der Waals surface area contributed by atoms with Crippen LogP contribution >= 0.6 is 11.3 Å². The summed E-state index contributed by atoms with van der Waals surface area (Å²) >= 11 is 1.26. The molecule has 6 rings (SSSR count). The van der Waals surface area contributed by atoms with E-state index in [1.165, 1.54) is 17.6 Å². The van der Waals surface area contributed by atoms with Crippen molar-refractivity contribution in [2.45, 2.75) is 32.2 Å². The molecule has 1 atom stereocenters. The Hall–Kier alpha value is -3.59. The fraction of sp³-hybridized carbons (Fsp3) is 0.320. The Bertz CT molecular complexity index is 1440. The van der Waals surface area contributed by atoms with Crippen molar-refractivity contribution in [3.8, 4) is 23.1 Å². The summed E-state index contributed by atoms with van der Waals surface area (Å²) in [5, 5.41) is 0.454. The molecule has 5 heterocycles. The fourth-order valence-electron chi connectivity index (χ4n) is 4.75. The number of thiophene rings is 1. The lowest BCUT2D eigenvalue weighted by atomic mass is 10.0. The van der Waals surface area contributed by atoms with Crippen LogP contribution in [0.3, 0.4) is 0 Å². The number of nitrogens with one attached hydrogen (secondary N) is 1. The number of fused-ring (bicyclic) bond motifs is 2. The lowest BCUT2D eigenvalue weighted by Gasteiger charge is -2.25. The number of carbonyl (C=O) groups excluding carboxylic acids is 1. The van der Waals surface area contributed by atoms with Gasteiger partial charge in [0.15, 0.2) is 23.1 Å². The topological polar surface area (TPSA) is 97.7 Å². The molecule has 34 heavy (non-hydrogen) atoms. The first-order chi connectivity index (χ1) is 16.6. The minimum absolute atomic E-state index is 0.0563. The van der Waals surface area contributed by atoms with Gasteiger partial charge in [-0.3, -0.25) is 9.59 Å². The minimum atomic E-state index is -0.273. The van der Waals surface area contributed by atoms with Gasteiger partial charge in [0.2, 0.25) is 0 Å². The van der Waals surface area contributed by atoms with E-state index < -0.39 is 0 Å². The van der Waals surface area contributed by atoms with Crippen LogP contribution in [-0.2, 0) is 0 Å². The second-order valence-electron chi connectivity index (χ2n) is 8.54. The number of carbonyl (C=O) groups is 1. The number of aryl methyl sites for hydroxylation is 1. The Morgan fingerprint density at radius 2 is 2.03 bits per heavy atom. The molecule has 4 aromatic rings. The molecule has 1 aromatic carbocycles. The summed E-state index contributed by atoms with van der Waals surface area (Å²) in [6.45, 7) is 3.73. The quantitative estimate of drug-likeness (QED) is 0.460. The van der Waals surface area contributed by atoms with E-state index in [4.69, 9.17) is 13.9 Å². The van der Waals surface area contributed by atoms with E-state index in [2.05, 4.69) is 9.97 Å². The van der Waals surface area contributed by atoms with Crippen molar-refractivity contribution in [1.82, 2.24) is 14.9 Å². The average molecular weight is 478 g/mol. The Morgan fingerprint density at radius 1 is 1.18 bits per heavy atom. The van der Waals surface area contributed by atoms with Crippen molar-refractivity contribution in [1.29, 1.82) is 0 Å². The van der Waals surface area contributed by atoms with Crippen LogP contribution in [0.2, 0.25) is 0 Å². The number of rotatable bonds is 3. The van der Waals surface area contributed by atoms with Gasteiger partial charge in [0.05, 0.1) is 35.8 Å². The van der Waals surface area contributed by atoms with Gasteiger partial charge in [-0.1, -0.05) is 6.07 Å². The fourth-order valence-corrected chi connectivity index (χ4v) is 5.89. The summed E-state index contributed by atoms with van der Waals surface area (Å²) in [6, 6.07) is 9.36. The summed E-state index contributed by atoms with van der Waals surface area (Å²) in [6.07, 6.45) is 4.16. The number of nitrogens with zero attached hydrogens (tertiary/aromatic N) is 2. The highest BCUT2D eigenvalue weighted by molar-refractivity contribution is 7.20. The van der Waals surface area contributed by atoms with E-state index in [9.17, 15) is 9.59 Å². The molecule has 0 bridgehead atoms. The molecule has 0 unspecified atom stereocenters. The van der Waals surface area contributed by atoms with Gasteiger partial charge in [-0.15, -0.1) is 11.3 Å². The van der Waals surface area contributed by atoms with Crippen LogP contribution in [-0.4, -0.2) is 40.5 Å². The van der Waals surface area contributed by atoms with E-state index in [0.29, 0.717) is 52.0 Å². The predicted octanol–water partition coefficient (Wildman–Crippen LogP) is 4.69. The maximum absolute atomic E-state index is 13.7. The van der Waals surface area contributed by atoms with E-state index in [1.807, 2.05) is 30.0 Å². The van der Waals surface area contributed by atoms with Gasteiger partial charge >= 0.3 is 0 Å². The monoisotopic (exact) mass is 477 g/mol. The molecule has 1 saturated heterocycles. The molecule has 2 aliphatic heterocycles. The highest BCUT2D eigenvalue weighted by Gasteiger charge is 2.33. The van der Waals surface area contributed by atoms with Gasteiger partial charge in [-0.25, -0.2) is 4.98 Å². The SMILES string of the molecule is Cc1c(C(=O)N2CCC[C@H]2c2ccc3c(c2)OCCCO3)sc2nc(-c3ccco3)[nH]c(=O)c12. The molecule has 1 amide bonds. The molecular weight excluding hydrogens is 454 g/mol. The molecule has 0 radical (unpaired) electrons. The Labute approximate surface area is 199 Å². The van der Waals surface area contributed by atoms with Crippen molar-refractivity contribution in [2.24, 2.45) is 0 Å². The van der Waals surface area contributed by atoms with Gasteiger partial charge in [0.25, 0.3) is 11.5 Å². The van der Waals surface area contributed by atoms with Crippen LogP contribution in [0.4, 0.5) is 0 Å². The van der Waals surface area contributed by atoms with Crippen molar-refractivity contribution in [3.05, 3.63) is 63.0 Å². The van der Waals surface area contributed by atoms with Crippen molar-refractivity contribution in [2.75, 3.05) is 19.8 Å². The van der Waals surface area contributed by atoms with E-state index in [0.717, 1.165) is 36.3 Å². The number of likely N-dealkylation sites (tertiary alicyclic amines) is 1. The highest BCUT2D eigenvalue weighted by atomic mass is 32.1. The number of benzene rings is 1. The molecule has 1 fully saturated rings. The Kier molecular flexibility index (Phi) is 5.13. The van der Waals surface area contributed by atoms with Gasteiger partial charge in [0, 0.05) is 13.0 Å². The smallest absolute Gasteiger partial charge is 0.264 e. The summed E-state index contributed by atoms with van der Waals surface area (Å²) in [4.78, 5) is 36.9. The number of ether oxygens (including phenoxy) is 2. The van der Waals surface area contributed by atoms with E-state index >= 15 is 0 Å². The molecule has 0 spiro atoms. The molecule has 3 aromatic heterocycles. The average Bonchev–Trinajstić information content (AvgIpc) is 3.56. The zero-order valence-corrected chi connectivity index (χ0v) is 19.4. The molecular formula is C25H23N3O5S. The third-order valence-corrected chi connectivity index (χ3v) is 7.59. The van der Waals surface area contributed by atoms with E-state index in [-0.39, 0.29) is 17.5 Å². The minimum Gasteiger partial charge on any atom is -0.490 e. The third-order valence-electron chi connectivity index (χ3n) is 6.42. The molecule has 174 valence electrons. The van der Waals surface area contributed by atoms with Gasteiger partial charge < -0.3 is 23.8 Å². The number of aromatic nitrogens is 2. The van der Waals surface area contributed by atoms with Crippen LogP contribution < -0.4 is 15.0 Å². The molecule has 2 aliphatic rings. The summed E-state index contributed by atoms with van der Waals surface area (Å²) in [5.41, 5.74) is 1.42. The van der Waals surface area contributed by atoms with Gasteiger partial charge in [-0.2, -0.15) is 0 Å². The number of furan rings is 1. The molecule has 0 saturated carbocycles. The van der Waals surface area contributed by atoms with Crippen LogP contribution in [0.25, 0.3) is 21.8 Å². The largest absolute Gasteiger partial charge is 0.490 e. The van der Waals surface area contributed by atoms with Crippen molar-refractivity contribution >= 4 is 27.5 Å². The first-order valence-electron chi connectivity index (χ1n) is 11.4. The lowest BCUT2D eigenvalue weighted by Crippen LogP contribution is -2.30. The number of hydrogen-bond donors (Lipinski definition) is 1. The molecule has 9 heteroatoms. The third kappa shape index (κ3) is 3.47. The van der Waals surface area contributed by atoms with E-state index in [1.54, 1.807) is 12.1 Å². The zero-order valence-electron chi connectivity index (χ0n) is 18.6. The second-order valence-corrected chi connectivity index (χ2v) is 9.54. The summed E-state index contributed by atoms with van der Waals surface area (Å²) in [5.74, 6) is 2.23. The maximum atomic E-state index is 13.7. The number of amides is 1. The van der Waals surface area contributed by atoms with Gasteiger partial charge in [0.1, 0.15) is 4.83 Å². The molecule has 0 aliphatic carbocycles. The summed E-state index contributed by atoms with van der Waals surface area (Å²) in [7, 11) is 0. The molecule has 8 nitrogen and oxygen atoms in total. The highest BCUT2D eigenvalue weighted by Crippen LogP contribution is 2.40. The lowest BCUT2D eigenvalue weighted by molar-refractivity contribution is 0.0740. The normalized spacial score (nSPS) is 17.8. The first-order valence-corrected chi connectivity index (χ1v) is 12.2. The van der Waals surface area contributed by atoms with Crippen LogP contribution in [0.1, 0.15) is 46.1 Å². The number of aromatic amines is 1. The number of hydrogen-bond acceptors (Lipinski definition) is 7. The maximum Gasteiger partial charge on any atom is 0.264 e. The van der Waals surface area contributed by atoms with Gasteiger partial charge in [-0.05, 0) is 55.2 Å². The predicted molar refractivity (Wildman–Crippen MR) is 128 cm³/mol. The standard InChI is InChI=1S/C25H23N3O5S/c1-14-20-23(29)26-22(18-6-3-10-32-18)27-24(20)34-21(14)25(30)28-9-2-5-16(28)15-7-8-17-19(13-15)33-12-4-11-31-17/h3,6-8,10,13,16H,2,4-5,9,11-12H2,1H3,(H,26,27,29)/t16-/m0/s1. The first kappa shape index (κ1) is 21.0. The zero-order chi connectivity index (χ0) is 23.2. The number of H-pyrrole nitrogens is 1. The van der Waals surface area contributed by atoms with Crippen LogP contribution in [0.15, 0.2) is 45.8 Å². The van der Waals surface area contributed by atoms with Crippen LogP contribution in [0.5, 0.6) is 11.5 Å². The van der Waals surface area contributed by atoms with Crippen LogP contribution in [0, 0.1) is 6.92 Å². The van der Waals surface area contributed by atoms with Crippen molar-refractivity contribution in [3.63, 3.8) is 0 Å². The Morgan fingerprint density at radius 3 is 2.85 bits per heavy atom. The Balaban J connectivity index is 1.35. The molecule has 1 N–H and O–H groups in total. The second kappa shape index (κ2) is 8.32.